The van der Waals surface area contributed by atoms with E-state index in [0.29, 0.717) is 23.1 Å². The first-order valence-electron chi connectivity index (χ1n) is 11.6. The lowest BCUT2D eigenvalue weighted by atomic mass is 9.91. The summed E-state index contributed by atoms with van der Waals surface area (Å²) < 4.78 is 31.6. The zero-order valence-corrected chi connectivity index (χ0v) is 20.0. The fourth-order valence-corrected chi connectivity index (χ4v) is 4.01. The Hall–Kier alpha value is -3.68. The third kappa shape index (κ3) is 6.26. The Morgan fingerprint density at radius 3 is 2.66 bits per heavy atom. The molecule has 3 aromatic rings. The van der Waals surface area contributed by atoms with Crippen molar-refractivity contribution in [2.75, 3.05) is 7.11 Å². The quantitative estimate of drug-likeness (QED) is 0.381. The first-order valence-corrected chi connectivity index (χ1v) is 11.6. The molecule has 1 heterocycles. The van der Waals surface area contributed by atoms with Crippen LogP contribution in [0.1, 0.15) is 50.3 Å². The fourth-order valence-electron chi connectivity index (χ4n) is 4.01. The number of methoxy groups -OCH3 is 1. The molecule has 7 nitrogen and oxygen atoms in total. The van der Waals surface area contributed by atoms with Gasteiger partial charge in [-0.1, -0.05) is 12.1 Å². The molecular weight excluding hydrogens is 451 g/mol. The molecule has 1 fully saturated rings. The maximum Gasteiger partial charge on any atom is 0.303 e. The van der Waals surface area contributed by atoms with Gasteiger partial charge in [0.1, 0.15) is 35.3 Å². The van der Waals surface area contributed by atoms with Crippen LogP contribution in [-0.2, 0) is 11.4 Å². The molecular formula is C27H29FN2O5. The Bertz CT molecular complexity index is 1200. The normalized spacial score (nSPS) is 14.0. The number of ether oxygens (including phenoxy) is 3. The summed E-state index contributed by atoms with van der Waals surface area (Å²) in [5.74, 6) is 0.464. The van der Waals surface area contributed by atoms with Crippen LogP contribution in [0.2, 0.25) is 0 Å². The minimum absolute atomic E-state index is 0.0149. The molecule has 0 bridgehead atoms. The lowest BCUT2D eigenvalue weighted by Gasteiger charge is -2.16. The first kappa shape index (κ1) is 24.4. The van der Waals surface area contributed by atoms with Crippen molar-refractivity contribution < 1.29 is 28.5 Å². The van der Waals surface area contributed by atoms with Crippen LogP contribution < -0.4 is 14.2 Å². The van der Waals surface area contributed by atoms with Crippen LogP contribution in [0.25, 0.3) is 11.3 Å². The molecule has 0 amide bonds. The van der Waals surface area contributed by atoms with Crippen LogP contribution >= 0.6 is 0 Å². The third-order valence-electron chi connectivity index (χ3n) is 5.82. The fraction of sp³-hybridized carbons (Fsp3) is 0.370. The number of halogens is 1. The van der Waals surface area contributed by atoms with E-state index in [0.717, 1.165) is 18.4 Å². The van der Waals surface area contributed by atoms with E-state index in [1.807, 2.05) is 38.1 Å². The highest BCUT2D eigenvalue weighted by Crippen LogP contribution is 2.45. The number of carboxylic acids is 1. The summed E-state index contributed by atoms with van der Waals surface area (Å²) in [6.45, 7) is 3.84. The number of carbonyl (C=O) groups is 1. The lowest BCUT2D eigenvalue weighted by Crippen LogP contribution is -2.11. The van der Waals surface area contributed by atoms with Gasteiger partial charge in [-0.25, -0.2) is 14.4 Å². The van der Waals surface area contributed by atoms with Gasteiger partial charge in [-0.15, -0.1) is 0 Å². The van der Waals surface area contributed by atoms with Crippen molar-refractivity contribution in [1.29, 1.82) is 0 Å². The average Bonchev–Trinajstić information content (AvgIpc) is 3.67. The van der Waals surface area contributed by atoms with Crippen molar-refractivity contribution in [3.63, 3.8) is 0 Å². The molecule has 2 aromatic carbocycles. The average molecular weight is 481 g/mol. The second-order valence-corrected chi connectivity index (χ2v) is 8.93. The van der Waals surface area contributed by atoms with Gasteiger partial charge in [0, 0.05) is 5.56 Å². The molecule has 1 aliphatic rings. The van der Waals surface area contributed by atoms with Gasteiger partial charge in [0.2, 0.25) is 5.88 Å². The maximum absolute atomic E-state index is 14.6. The second-order valence-electron chi connectivity index (χ2n) is 8.93. The number of hydrogen-bond donors (Lipinski definition) is 1. The zero-order chi connectivity index (χ0) is 24.9. The zero-order valence-electron chi connectivity index (χ0n) is 20.0. The minimum Gasteiger partial charge on any atom is -0.497 e. The number of rotatable bonds is 11. The van der Waals surface area contributed by atoms with Gasteiger partial charge in [-0.3, -0.25) is 4.79 Å². The number of benzene rings is 2. The largest absolute Gasteiger partial charge is 0.497 e. The molecule has 184 valence electrons. The van der Waals surface area contributed by atoms with Crippen molar-refractivity contribution in [3.05, 3.63) is 65.7 Å². The lowest BCUT2D eigenvalue weighted by molar-refractivity contribution is -0.137. The Morgan fingerprint density at radius 1 is 1.17 bits per heavy atom. The molecule has 1 atom stereocenters. The molecule has 4 rings (SSSR count). The van der Waals surface area contributed by atoms with Gasteiger partial charge in [0.25, 0.3) is 0 Å². The standard InChI is InChI=1S/C27H29FN2O5/c1-16(2)35-27-26(23-12-20(33-3)9-10-24(23)28)29-14-19(30-27)15-34-21-6-4-5-18(11-21)22(13-25(31)32)17-7-8-17/h4-6,9-12,14,16-17,22H,7-8,13,15H2,1-3H3,(H,31,32). The SMILES string of the molecule is COc1ccc(F)c(-c2ncc(COc3cccc(C(CC(=O)O)C4CC4)c3)nc2OC(C)C)c1. The molecule has 8 heteroatoms. The third-order valence-corrected chi connectivity index (χ3v) is 5.82. The Labute approximate surface area is 203 Å². The van der Waals surface area contributed by atoms with Gasteiger partial charge in [-0.2, -0.15) is 0 Å². The highest BCUT2D eigenvalue weighted by atomic mass is 19.1. The summed E-state index contributed by atoms with van der Waals surface area (Å²) >= 11 is 0. The number of hydrogen-bond acceptors (Lipinski definition) is 6. The summed E-state index contributed by atoms with van der Waals surface area (Å²) in [5.41, 5.74) is 1.99. The summed E-state index contributed by atoms with van der Waals surface area (Å²) in [6.07, 6.45) is 3.55. The van der Waals surface area contributed by atoms with Gasteiger partial charge in [0.15, 0.2) is 0 Å². The number of aliphatic carboxylic acids is 1. The van der Waals surface area contributed by atoms with E-state index in [1.165, 1.54) is 25.4 Å². The summed E-state index contributed by atoms with van der Waals surface area (Å²) in [7, 11) is 1.51. The van der Waals surface area contributed by atoms with E-state index in [4.69, 9.17) is 14.2 Å². The molecule has 1 aromatic heterocycles. The highest BCUT2D eigenvalue weighted by molar-refractivity contribution is 5.68. The van der Waals surface area contributed by atoms with E-state index >= 15 is 0 Å². The van der Waals surface area contributed by atoms with E-state index in [1.54, 1.807) is 6.07 Å². The van der Waals surface area contributed by atoms with Crippen molar-refractivity contribution in [3.8, 4) is 28.6 Å². The molecule has 1 aliphatic carbocycles. The van der Waals surface area contributed by atoms with Gasteiger partial charge >= 0.3 is 5.97 Å². The van der Waals surface area contributed by atoms with Gasteiger partial charge in [-0.05, 0) is 74.4 Å². The predicted octanol–water partition coefficient (Wildman–Crippen LogP) is 5.63. The molecule has 0 radical (unpaired) electrons. The van der Waals surface area contributed by atoms with Crippen LogP contribution in [-0.4, -0.2) is 34.3 Å². The monoisotopic (exact) mass is 480 g/mol. The Morgan fingerprint density at radius 2 is 1.97 bits per heavy atom. The van der Waals surface area contributed by atoms with Crippen molar-refractivity contribution in [2.24, 2.45) is 5.92 Å². The van der Waals surface area contributed by atoms with Crippen molar-refractivity contribution in [2.45, 2.75) is 51.7 Å². The molecule has 0 aliphatic heterocycles. The summed E-state index contributed by atoms with van der Waals surface area (Å²) in [5, 5.41) is 9.29. The van der Waals surface area contributed by atoms with E-state index < -0.39 is 11.8 Å². The second kappa shape index (κ2) is 10.7. The van der Waals surface area contributed by atoms with E-state index in [2.05, 4.69) is 9.97 Å². The summed E-state index contributed by atoms with van der Waals surface area (Å²) in [6, 6.07) is 12.0. The topological polar surface area (TPSA) is 90.8 Å². The summed E-state index contributed by atoms with van der Waals surface area (Å²) in [4.78, 5) is 20.3. The minimum atomic E-state index is -0.797. The van der Waals surface area contributed by atoms with Crippen LogP contribution in [0.15, 0.2) is 48.7 Å². The van der Waals surface area contributed by atoms with E-state index in [9.17, 15) is 14.3 Å². The van der Waals surface area contributed by atoms with Gasteiger partial charge in [0.05, 0.1) is 25.8 Å². The molecule has 1 unspecified atom stereocenters. The molecule has 1 N–H and O–H groups in total. The molecule has 0 saturated heterocycles. The number of aromatic nitrogens is 2. The maximum atomic E-state index is 14.6. The van der Waals surface area contributed by atoms with Crippen LogP contribution in [0.3, 0.4) is 0 Å². The molecule has 35 heavy (non-hydrogen) atoms. The number of nitrogens with zero attached hydrogens (tertiary/aromatic N) is 2. The number of carboxylic acid groups (broad SMARTS) is 1. The van der Waals surface area contributed by atoms with Crippen LogP contribution in [0.4, 0.5) is 4.39 Å². The Balaban J connectivity index is 1.55. The van der Waals surface area contributed by atoms with Crippen molar-refractivity contribution >= 4 is 5.97 Å². The molecule has 1 saturated carbocycles. The Kier molecular flexibility index (Phi) is 7.48. The van der Waals surface area contributed by atoms with Crippen LogP contribution in [0, 0.1) is 11.7 Å². The van der Waals surface area contributed by atoms with Gasteiger partial charge < -0.3 is 19.3 Å². The highest BCUT2D eigenvalue weighted by Gasteiger charge is 2.33. The molecule has 0 spiro atoms. The smallest absolute Gasteiger partial charge is 0.303 e. The predicted molar refractivity (Wildman–Crippen MR) is 128 cm³/mol. The van der Waals surface area contributed by atoms with Crippen molar-refractivity contribution in [1.82, 2.24) is 9.97 Å². The first-order chi connectivity index (χ1) is 16.8. The van der Waals surface area contributed by atoms with Crippen LogP contribution in [0.5, 0.6) is 17.4 Å². The van der Waals surface area contributed by atoms with E-state index in [-0.39, 0.29) is 42.2 Å².